The second-order valence-corrected chi connectivity index (χ2v) is 3.32. The fourth-order valence-electron chi connectivity index (χ4n) is 0.531. The monoisotopic (exact) mass is 129 g/mol. The highest BCUT2D eigenvalue weighted by Crippen LogP contribution is 2.36. The van der Waals surface area contributed by atoms with Crippen molar-refractivity contribution in [2.24, 2.45) is 0 Å². The number of hydrogen-bond acceptors (Lipinski definition) is 3. The van der Waals surface area contributed by atoms with Crippen molar-refractivity contribution in [1.82, 2.24) is 0 Å². The van der Waals surface area contributed by atoms with Crippen LogP contribution in [0.3, 0.4) is 0 Å². The van der Waals surface area contributed by atoms with Gasteiger partial charge in [0.25, 0.3) is 0 Å². The van der Waals surface area contributed by atoms with Crippen LogP contribution in [0.15, 0.2) is 0 Å². The molecule has 2 atom stereocenters. The van der Waals surface area contributed by atoms with Gasteiger partial charge >= 0.3 is 0 Å². The first-order valence-electron chi connectivity index (χ1n) is 2.44. The number of nitrogens with zero attached hydrogens (tertiary/aromatic N) is 1. The van der Waals surface area contributed by atoms with E-state index in [9.17, 15) is 0 Å². The topological polar surface area (TPSA) is 44.0 Å². The summed E-state index contributed by atoms with van der Waals surface area (Å²) in [5.74, 6) is 0.574. The lowest BCUT2D eigenvalue weighted by molar-refractivity contribution is 0.112. The number of hydrogen-bond donors (Lipinski definition) is 1. The van der Waals surface area contributed by atoms with E-state index < -0.39 is 5.60 Å². The second-order valence-electron chi connectivity index (χ2n) is 1.99. The standard InChI is InChI=1S/C5H7NOS/c1-4-5(7,2-6)3-8-4/h4,7H,3H2,1H3. The highest BCUT2D eigenvalue weighted by atomic mass is 32.2. The van der Waals surface area contributed by atoms with Crippen LogP contribution in [-0.4, -0.2) is 21.7 Å². The van der Waals surface area contributed by atoms with E-state index in [-0.39, 0.29) is 5.25 Å². The Balaban J connectivity index is 2.59. The highest BCUT2D eigenvalue weighted by molar-refractivity contribution is 8.01. The molecule has 2 unspecified atom stereocenters. The third-order valence-corrected chi connectivity index (χ3v) is 2.92. The smallest absolute Gasteiger partial charge is 0.171 e. The second kappa shape index (κ2) is 1.64. The van der Waals surface area contributed by atoms with Gasteiger partial charge in [-0.25, -0.2) is 0 Å². The average Bonchev–Trinajstić information content (AvgIpc) is 1.83. The minimum atomic E-state index is -1.01. The maximum Gasteiger partial charge on any atom is 0.171 e. The van der Waals surface area contributed by atoms with Gasteiger partial charge in [-0.3, -0.25) is 0 Å². The largest absolute Gasteiger partial charge is 0.373 e. The van der Waals surface area contributed by atoms with E-state index in [1.165, 1.54) is 0 Å². The van der Waals surface area contributed by atoms with Gasteiger partial charge in [-0.05, 0) is 6.92 Å². The molecule has 3 heteroatoms. The molecule has 0 radical (unpaired) electrons. The summed E-state index contributed by atoms with van der Waals surface area (Å²) in [6, 6.07) is 1.86. The Bertz CT molecular complexity index is 142. The molecule has 0 aromatic heterocycles. The third-order valence-electron chi connectivity index (χ3n) is 1.42. The van der Waals surface area contributed by atoms with Gasteiger partial charge in [0.2, 0.25) is 0 Å². The molecular weight excluding hydrogens is 122 g/mol. The van der Waals surface area contributed by atoms with Gasteiger partial charge in [0.1, 0.15) is 0 Å². The first-order valence-corrected chi connectivity index (χ1v) is 3.49. The Morgan fingerprint density at radius 1 is 2.00 bits per heavy atom. The molecule has 0 spiro atoms. The van der Waals surface area contributed by atoms with Gasteiger partial charge < -0.3 is 5.11 Å². The van der Waals surface area contributed by atoms with Crippen LogP contribution in [0.25, 0.3) is 0 Å². The van der Waals surface area contributed by atoms with E-state index in [2.05, 4.69) is 0 Å². The van der Waals surface area contributed by atoms with E-state index in [1.807, 2.05) is 13.0 Å². The fraction of sp³-hybridized carbons (Fsp3) is 0.800. The van der Waals surface area contributed by atoms with Crippen LogP contribution in [-0.2, 0) is 0 Å². The SMILES string of the molecule is CC1SCC1(O)C#N. The van der Waals surface area contributed by atoms with Crippen LogP contribution in [0, 0.1) is 11.3 Å². The van der Waals surface area contributed by atoms with Crippen molar-refractivity contribution in [3.63, 3.8) is 0 Å². The lowest BCUT2D eigenvalue weighted by Gasteiger charge is -2.36. The summed E-state index contributed by atoms with van der Waals surface area (Å²) in [7, 11) is 0. The molecule has 0 aromatic rings. The Morgan fingerprint density at radius 3 is 2.62 bits per heavy atom. The lowest BCUT2D eigenvalue weighted by Crippen LogP contribution is -2.48. The predicted octanol–water partition coefficient (Wildman–Crippen LogP) is 0.376. The summed E-state index contributed by atoms with van der Waals surface area (Å²) in [6.07, 6.45) is 0. The molecule has 1 saturated heterocycles. The first kappa shape index (κ1) is 5.93. The minimum absolute atomic E-state index is 0.104. The molecule has 0 aromatic carbocycles. The van der Waals surface area contributed by atoms with Crippen LogP contribution < -0.4 is 0 Å². The van der Waals surface area contributed by atoms with E-state index in [0.29, 0.717) is 5.75 Å². The van der Waals surface area contributed by atoms with Crippen LogP contribution in [0.2, 0.25) is 0 Å². The van der Waals surface area contributed by atoms with E-state index in [4.69, 9.17) is 10.4 Å². The third kappa shape index (κ3) is 0.610. The molecule has 1 rings (SSSR count). The summed E-state index contributed by atoms with van der Waals surface area (Å²) < 4.78 is 0. The molecule has 1 N–H and O–H groups in total. The average molecular weight is 129 g/mol. The van der Waals surface area contributed by atoms with Crippen molar-refractivity contribution in [3.8, 4) is 6.07 Å². The van der Waals surface area contributed by atoms with Crippen molar-refractivity contribution in [2.45, 2.75) is 17.8 Å². The summed E-state index contributed by atoms with van der Waals surface area (Å²) >= 11 is 1.62. The van der Waals surface area contributed by atoms with Crippen molar-refractivity contribution in [1.29, 1.82) is 5.26 Å². The molecule has 44 valence electrons. The molecule has 8 heavy (non-hydrogen) atoms. The number of thioether (sulfide) groups is 1. The van der Waals surface area contributed by atoms with Gasteiger partial charge in [0.15, 0.2) is 5.60 Å². The fourth-order valence-corrected chi connectivity index (χ4v) is 1.46. The molecule has 2 nitrogen and oxygen atoms in total. The molecular formula is C5H7NOS. The predicted molar refractivity (Wildman–Crippen MR) is 32.5 cm³/mol. The number of rotatable bonds is 0. The quantitative estimate of drug-likeness (QED) is 0.481. The summed E-state index contributed by atoms with van der Waals surface area (Å²) in [4.78, 5) is 0. The maximum atomic E-state index is 9.11. The Labute approximate surface area is 52.5 Å². The van der Waals surface area contributed by atoms with Gasteiger partial charge in [-0.15, -0.1) is 0 Å². The molecule has 1 heterocycles. The Morgan fingerprint density at radius 2 is 2.62 bits per heavy atom. The van der Waals surface area contributed by atoms with Crippen LogP contribution in [0.1, 0.15) is 6.92 Å². The first-order chi connectivity index (χ1) is 3.69. The molecule has 0 bridgehead atoms. The van der Waals surface area contributed by atoms with Gasteiger partial charge in [-0.1, -0.05) is 0 Å². The van der Waals surface area contributed by atoms with Crippen molar-refractivity contribution in [3.05, 3.63) is 0 Å². The molecule has 1 aliphatic heterocycles. The van der Waals surface area contributed by atoms with Crippen LogP contribution in [0.5, 0.6) is 0 Å². The minimum Gasteiger partial charge on any atom is -0.373 e. The summed E-state index contributed by atoms with van der Waals surface area (Å²) in [6.45, 7) is 1.86. The molecule has 0 aliphatic carbocycles. The van der Waals surface area contributed by atoms with E-state index in [0.717, 1.165) is 0 Å². The number of aliphatic hydroxyl groups is 1. The van der Waals surface area contributed by atoms with Gasteiger partial charge in [0.05, 0.1) is 6.07 Å². The highest BCUT2D eigenvalue weighted by Gasteiger charge is 2.43. The van der Waals surface area contributed by atoms with Gasteiger partial charge in [-0.2, -0.15) is 17.0 Å². The van der Waals surface area contributed by atoms with Crippen molar-refractivity contribution in [2.75, 3.05) is 5.75 Å². The van der Waals surface area contributed by atoms with Gasteiger partial charge in [0, 0.05) is 11.0 Å². The summed E-state index contributed by atoms with van der Waals surface area (Å²) in [5.41, 5.74) is -1.01. The molecule has 1 fully saturated rings. The van der Waals surface area contributed by atoms with E-state index >= 15 is 0 Å². The summed E-state index contributed by atoms with van der Waals surface area (Å²) in [5, 5.41) is 17.5. The zero-order chi connectivity index (χ0) is 6.20. The van der Waals surface area contributed by atoms with Crippen molar-refractivity contribution >= 4 is 11.8 Å². The van der Waals surface area contributed by atoms with Crippen molar-refractivity contribution < 1.29 is 5.11 Å². The van der Waals surface area contributed by atoms with Crippen LogP contribution in [0.4, 0.5) is 0 Å². The Hall–Kier alpha value is -0.200. The normalized spacial score (nSPS) is 44.9. The lowest BCUT2D eigenvalue weighted by atomic mass is 10.0. The zero-order valence-corrected chi connectivity index (χ0v) is 5.40. The molecule has 0 saturated carbocycles. The van der Waals surface area contributed by atoms with Crippen LogP contribution >= 0.6 is 11.8 Å². The molecule has 1 aliphatic rings. The maximum absolute atomic E-state index is 9.11. The molecule has 0 amide bonds. The van der Waals surface area contributed by atoms with E-state index in [1.54, 1.807) is 11.8 Å². The zero-order valence-electron chi connectivity index (χ0n) is 4.59. The Kier molecular flexibility index (Phi) is 1.22. The number of nitriles is 1.